The summed E-state index contributed by atoms with van der Waals surface area (Å²) in [6.07, 6.45) is 0. The molecule has 21 heavy (non-hydrogen) atoms. The SMILES string of the molecule is Cc1nn(C(C)C)c(Oc2ccc(C(N)=O)c(F)c2)c1N. The Morgan fingerprint density at radius 3 is 2.62 bits per heavy atom. The molecule has 1 heterocycles. The summed E-state index contributed by atoms with van der Waals surface area (Å²) in [7, 11) is 0. The van der Waals surface area contributed by atoms with E-state index in [1.165, 1.54) is 12.1 Å². The van der Waals surface area contributed by atoms with Gasteiger partial charge in [-0.15, -0.1) is 0 Å². The number of carbonyl (C=O) groups is 1. The second-order valence-corrected chi connectivity index (χ2v) is 4.95. The van der Waals surface area contributed by atoms with E-state index in [2.05, 4.69) is 5.10 Å². The highest BCUT2D eigenvalue weighted by Gasteiger charge is 2.18. The smallest absolute Gasteiger partial charge is 0.251 e. The molecule has 0 atom stereocenters. The molecule has 112 valence electrons. The number of aromatic nitrogens is 2. The highest BCUT2D eigenvalue weighted by atomic mass is 19.1. The maximum Gasteiger partial charge on any atom is 0.251 e. The molecule has 0 unspecified atom stereocenters. The van der Waals surface area contributed by atoms with E-state index >= 15 is 0 Å². The van der Waals surface area contributed by atoms with Crippen LogP contribution in [0.4, 0.5) is 10.1 Å². The number of hydrogen-bond acceptors (Lipinski definition) is 4. The van der Waals surface area contributed by atoms with Crippen molar-refractivity contribution in [1.29, 1.82) is 0 Å². The lowest BCUT2D eigenvalue weighted by atomic mass is 10.2. The number of benzene rings is 1. The van der Waals surface area contributed by atoms with Gasteiger partial charge in [0.05, 0.1) is 17.3 Å². The summed E-state index contributed by atoms with van der Waals surface area (Å²) in [6, 6.07) is 3.85. The van der Waals surface area contributed by atoms with E-state index in [4.69, 9.17) is 16.2 Å². The molecule has 0 aliphatic carbocycles. The van der Waals surface area contributed by atoms with Crippen molar-refractivity contribution in [2.75, 3.05) is 5.73 Å². The molecule has 1 aromatic carbocycles. The minimum atomic E-state index is -0.832. The van der Waals surface area contributed by atoms with E-state index in [0.29, 0.717) is 17.3 Å². The normalized spacial score (nSPS) is 10.9. The standard InChI is InChI=1S/C14H17FN4O2/c1-7(2)19-14(12(16)8(3)18-19)21-9-4-5-10(13(17)20)11(15)6-9/h4-7H,16H2,1-3H3,(H2,17,20). The van der Waals surface area contributed by atoms with Crippen molar-refractivity contribution in [3.8, 4) is 11.6 Å². The summed E-state index contributed by atoms with van der Waals surface area (Å²) in [5.41, 5.74) is 11.8. The molecule has 0 radical (unpaired) electrons. The molecule has 2 rings (SSSR count). The molecular weight excluding hydrogens is 275 g/mol. The van der Waals surface area contributed by atoms with E-state index in [1.54, 1.807) is 11.6 Å². The first-order valence-electron chi connectivity index (χ1n) is 6.43. The number of halogens is 1. The van der Waals surface area contributed by atoms with Crippen molar-refractivity contribution in [3.63, 3.8) is 0 Å². The zero-order chi connectivity index (χ0) is 15.7. The highest BCUT2D eigenvalue weighted by molar-refractivity contribution is 5.93. The first-order valence-corrected chi connectivity index (χ1v) is 6.43. The van der Waals surface area contributed by atoms with Gasteiger partial charge in [0, 0.05) is 6.07 Å². The molecule has 1 aromatic heterocycles. The van der Waals surface area contributed by atoms with Crippen LogP contribution in [0.1, 0.15) is 35.9 Å². The average molecular weight is 292 g/mol. The van der Waals surface area contributed by atoms with E-state index in [9.17, 15) is 9.18 Å². The molecule has 2 aromatic rings. The molecule has 0 saturated heterocycles. The first-order chi connectivity index (χ1) is 9.81. The van der Waals surface area contributed by atoms with Gasteiger partial charge in [-0.25, -0.2) is 9.07 Å². The van der Waals surface area contributed by atoms with Gasteiger partial charge in [0.25, 0.3) is 5.91 Å². The van der Waals surface area contributed by atoms with Crippen LogP contribution in [0.25, 0.3) is 0 Å². The second kappa shape index (κ2) is 5.43. The topological polar surface area (TPSA) is 96.2 Å². The van der Waals surface area contributed by atoms with Gasteiger partial charge in [-0.2, -0.15) is 5.10 Å². The van der Waals surface area contributed by atoms with Crippen molar-refractivity contribution < 1.29 is 13.9 Å². The number of hydrogen-bond donors (Lipinski definition) is 2. The fourth-order valence-corrected chi connectivity index (χ4v) is 1.86. The summed E-state index contributed by atoms with van der Waals surface area (Å²) >= 11 is 0. The van der Waals surface area contributed by atoms with E-state index < -0.39 is 11.7 Å². The molecule has 0 aliphatic heterocycles. The summed E-state index contributed by atoms with van der Waals surface area (Å²) in [4.78, 5) is 11.0. The van der Waals surface area contributed by atoms with Crippen LogP contribution in [0.3, 0.4) is 0 Å². The molecule has 0 saturated carbocycles. The Balaban J connectivity index is 2.39. The van der Waals surface area contributed by atoms with Crippen LogP contribution >= 0.6 is 0 Å². The van der Waals surface area contributed by atoms with Gasteiger partial charge in [-0.1, -0.05) is 0 Å². The third-order valence-corrected chi connectivity index (χ3v) is 3.00. The van der Waals surface area contributed by atoms with Crippen molar-refractivity contribution in [3.05, 3.63) is 35.3 Å². The Hall–Kier alpha value is -2.57. The molecular formula is C14H17FN4O2. The molecule has 0 fully saturated rings. The van der Waals surface area contributed by atoms with Gasteiger partial charge < -0.3 is 16.2 Å². The second-order valence-electron chi connectivity index (χ2n) is 4.95. The summed E-state index contributed by atoms with van der Waals surface area (Å²) in [5, 5.41) is 4.27. The molecule has 7 heteroatoms. The number of aryl methyl sites for hydroxylation is 1. The Bertz CT molecular complexity index is 695. The van der Waals surface area contributed by atoms with Crippen LogP contribution in [0.5, 0.6) is 11.6 Å². The zero-order valence-corrected chi connectivity index (χ0v) is 12.1. The number of amides is 1. The van der Waals surface area contributed by atoms with E-state index in [-0.39, 0.29) is 17.4 Å². The Labute approximate surface area is 121 Å². The van der Waals surface area contributed by atoms with Crippen molar-refractivity contribution in [2.45, 2.75) is 26.8 Å². The van der Waals surface area contributed by atoms with Crippen LogP contribution in [-0.2, 0) is 0 Å². The molecule has 0 bridgehead atoms. The lowest BCUT2D eigenvalue weighted by Gasteiger charge is -2.12. The minimum Gasteiger partial charge on any atom is -0.437 e. The van der Waals surface area contributed by atoms with Gasteiger partial charge >= 0.3 is 0 Å². The van der Waals surface area contributed by atoms with Crippen molar-refractivity contribution in [1.82, 2.24) is 9.78 Å². The third-order valence-electron chi connectivity index (χ3n) is 3.00. The Kier molecular flexibility index (Phi) is 3.84. The molecule has 1 amide bonds. The van der Waals surface area contributed by atoms with Crippen molar-refractivity contribution in [2.24, 2.45) is 5.73 Å². The summed E-state index contributed by atoms with van der Waals surface area (Å²) in [6.45, 7) is 5.61. The number of nitrogens with two attached hydrogens (primary N) is 2. The lowest BCUT2D eigenvalue weighted by Crippen LogP contribution is -2.13. The van der Waals surface area contributed by atoms with Crippen molar-refractivity contribution >= 4 is 11.6 Å². The molecule has 6 nitrogen and oxygen atoms in total. The largest absolute Gasteiger partial charge is 0.437 e. The van der Waals surface area contributed by atoms with Crippen LogP contribution in [0.2, 0.25) is 0 Å². The minimum absolute atomic E-state index is 0.0331. The maximum atomic E-state index is 13.7. The first kappa shape index (κ1) is 14.8. The molecule has 0 aliphatic rings. The molecule has 4 N–H and O–H groups in total. The van der Waals surface area contributed by atoms with Crippen LogP contribution in [-0.4, -0.2) is 15.7 Å². The number of carbonyl (C=O) groups excluding carboxylic acids is 1. The fraction of sp³-hybridized carbons (Fsp3) is 0.286. The van der Waals surface area contributed by atoms with Gasteiger partial charge in [0.2, 0.25) is 5.88 Å². The Morgan fingerprint density at radius 2 is 2.10 bits per heavy atom. The summed E-state index contributed by atoms with van der Waals surface area (Å²) < 4.78 is 21.0. The maximum absolute atomic E-state index is 13.7. The molecule has 0 spiro atoms. The van der Waals surface area contributed by atoms with Crippen LogP contribution < -0.4 is 16.2 Å². The lowest BCUT2D eigenvalue weighted by molar-refractivity contribution is 0.0996. The van der Waals surface area contributed by atoms with E-state index in [0.717, 1.165) is 6.07 Å². The van der Waals surface area contributed by atoms with Crippen LogP contribution in [0, 0.1) is 12.7 Å². The quantitative estimate of drug-likeness (QED) is 0.904. The monoisotopic (exact) mass is 292 g/mol. The average Bonchev–Trinajstić information content (AvgIpc) is 2.67. The van der Waals surface area contributed by atoms with Gasteiger partial charge in [0.15, 0.2) is 0 Å². The predicted molar refractivity (Wildman–Crippen MR) is 76.8 cm³/mol. The summed E-state index contributed by atoms with van der Waals surface area (Å²) in [5.74, 6) is -1.02. The number of nitrogens with zero attached hydrogens (tertiary/aromatic N) is 2. The third kappa shape index (κ3) is 2.81. The van der Waals surface area contributed by atoms with Gasteiger partial charge in [-0.05, 0) is 32.9 Å². The Morgan fingerprint density at radius 1 is 1.43 bits per heavy atom. The van der Waals surface area contributed by atoms with Gasteiger partial charge in [0.1, 0.15) is 17.3 Å². The number of anilines is 1. The number of ether oxygens (including phenoxy) is 1. The number of rotatable bonds is 4. The fourth-order valence-electron chi connectivity index (χ4n) is 1.86. The number of nitrogen functional groups attached to an aromatic ring is 1. The predicted octanol–water partition coefficient (Wildman–Crippen LogP) is 2.38. The highest BCUT2D eigenvalue weighted by Crippen LogP contribution is 2.32. The van der Waals surface area contributed by atoms with E-state index in [1.807, 2.05) is 13.8 Å². The van der Waals surface area contributed by atoms with Gasteiger partial charge in [-0.3, -0.25) is 4.79 Å². The van der Waals surface area contributed by atoms with Crippen LogP contribution in [0.15, 0.2) is 18.2 Å². The zero-order valence-electron chi connectivity index (χ0n) is 12.1. The number of primary amides is 1.